The summed E-state index contributed by atoms with van der Waals surface area (Å²) in [4.78, 5) is 23.2. The van der Waals surface area contributed by atoms with Crippen LogP contribution >= 0.6 is 0 Å². The molecule has 0 fully saturated rings. The molecule has 1 amide bonds. The number of benzene rings is 1. The summed E-state index contributed by atoms with van der Waals surface area (Å²) in [5, 5.41) is 19.7. The van der Waals surface area contributed by atoms with Gasteiger partial charge in [0.15, 0.2) is 5.69 Å². The van der Waals surface area contributed by atoms with E-state index in [0.29, 0.717) is 12.2 Å². The minimum atomic E-state index is -1.02. The van der Waals surface area contributed by atoms with E-state index < -0.39 is 5.97 Å². The first-order valence-corrected chi connectivity index (χ1v) is 7.22. The Morgan fingerprint density at radius 3 is 2.61 bits per heavy atom. The van der Waals surface area contributed by atoms with E-state index in [-0.39, 0.29) is 22.6 Å². The molecule has 1 heterocycles. The summed E-state index contributed by atoms with van der Waals surface area (Å²) in [5.41, 5.74) is 1.72. The van der Waals surface area contributed by atoms with Crippen LogP contribution in [0.1, 0.15) is 47.2 Å². The molecule has 1 aromatic heterocycles. The molecule has 7 nitrogen and oxygen atoms in total. The smallest absolute Gasteiger partial charge is 0.335 e. The molecule has 0 spiro atoms. The number of aromatic nitrogens is 3. The summed E-state index contributed by atoms with van der Waals surface area (Å²) < 4.78 is 1.41. The molecular weight excluding hydrogens is 296 g/mol. The predicted octanol–water partition coefficient (Wildman–Crippen LogP) is 2.05. The first kappa shape index (κ1) is 16.7. The lowest BCUT2D eigenvalue weighted by molar-refractivity contribution is 0.0696. The molecule has 0 saturated heterocycles. The van der Waals surface area contributed by atoms with E-state index in [2.05, 4.69) is 15.6 Å². The van der Waals surface area contributed by atoms with Gasteiger partial charge < -0.3 is 10.4 Å². The number of nitrogens with one attached hydrogen (secondary N) is 1. The third kappa shape index (κ3) is 4.15. The first-order valence-electron chi connectivity index (χ1n) is 7.22. The summed E-state index contributed by atoms with van der Waals surface area (Å²) in [6.07, 6.45) is 1.49. The van der Waals surface area contributed by atoms with Crippen LogP contribution in [0.15, 0.2) is 24.4 Å². The van der Waals surface area contributed by atoms with Crippen LogP contribution in [0.25, 0.3) is 5.69 Å². The van der Waals surface area contributed by atoms with Crippen molar-refractivity contribution in [2.45, 2.75) is 27.7 Å². The third-order valence-corrected chi connectivity index (χ3v) is 3.21. The van der Waals surface area contributed by atoms with Crippen LogP contribution in [0.3, 0.4) is 0 Å². The maximum atomic E-state index is 12.1. The van der Waals surface area contributed by atoms with Crippen molar-refractivity contribution in [1.29, 1.82) is 0 Å². The van der Waals surface area contributed by atoms with E-state index in [0.717, 1.165) is 5.56 Å². The zero-order valence-corrected chi connectivity index (χ0v) is 13.6. The Labute approximate surface area is 134 Å². The minimum Gasteiger partial charge on any atom is -0.478 e. The fraction of sp³-hybridized carbons (Fsp3) is 0.375. The van der Waals surface area contributed by atoms with Crippen LogP contribution in [0.4, 0.5) is 0 Å². The highest BCUT2D eigenvalue weighted by Gasteiger charge is 2.16. The van der Waals surface area contributed by atoms with E-state index in [4.69, 9.17) is 5.11 Å². The molecule has 0 aliphatic heterocycles. The van der Waals surface area contributed by atoms with Gasteiger partial charge in [-0.2, -0.15) is 0 Å². The Morgan fingerprint density at radius 1 is 1.30 bits per heavy atom. The number of rotatable bonds is 4. The molecule has 0 aliphatic carbocycles. The first-order chi connectivity index (χ1) is 10.7. The number of aromatic carboxylic acids is 1. The largest absolute Gasteiger partial charge is 0.478 e. The van der Waals surface area contributed by atoms with Crippen molar-refractivity contribution < 1.29 is 14.7 Å². The Morgan fingerprint density at radius 2 is 2.00 bits per heavy atom. The van der Waals surface area contributed by atoms with Crippen molar-refractivity contribution in [2.24, 2.45) is 5.41 Å². The van der Waals surface area contributed by atoms with Gasteiger partial charge in [-0.05, 0) is 30.0 Å². The van der Waals surface area contributed by atoms with Crippen molar-refractivity contribution in [3.05, 3.63) is 41.2 Å². The number of carbonyl (C=O) groups is 2. The molecule has 2 N–H and O–H groups in total. The fourth-order valence-electron chi connectivity index (χ4n) is 1.91. The van der Waals surface area contributed by atoms with Crippen LogP contribution in [0.5, 0.6) is 0 Å². The Balaban J connectivity index is 2.24. The van der Waals surface area contributed by atoms with Crippen LogP contribution in [0, 0.1) is 12.3 Å². The molecule has 0 aliphatic rings. The Hall–Kier alpha value is -2.70. The normalized spacial score (nSPS) is 11.3. The SMILES string of the molecule is Cc1ccc(C(=O)O)cc1-n1cc(C(=O)NCC(C)(C)C)nn1. The Kier molecular flexibility index (Phi) is 4.49. The third-order valence-electron chi connectivity index (χ3n) is 3.21. The maximum absolute atomic E-state index is 12.1. The van der Waals surface area contributed by atoms with E-state index >= 15 is 0 Å². The van der Waals surface area contributed by atoms with Crippen molar-refractivity contribution in [2.75, 3.05) is 6.54 Å². The number of amides is 1. The monoisotopic (exact) mass is 316 g/mol. The zero-order valence-electron chi connectivity index (χ0n) is 13.6. The number of carbonyl (C=O) groups excluding carboxylic acids is 1. The molecule has 7 heteroatoms. The zero-order chi connectivity index (χ0) is 17.2. The summed E-state index contributed by atoms with van der Waals surface area (Å²) in [6, 6.07) is 4.72. The Bertz CT molecular complexity index is 744. The van der Waals surface area contributed by atoms with Crippen molar-refractivity contribution in [3.8, 4) is 5.69 Å². The quantitative estimate of drug-likeness (QED) is 0.899. The number of hydrogen-bond donors (Lipinski definition) is 2. The van der Waals surface area contributed by atoms with Gasteiger partial charge in [0.05, 0.1) is 17.4 Å². The highest BCUT2D eigenvalue weighted by atomic mass is 16.4. The van der Waals surface area contributed by atoms with Crippen LogP contribution in [0.2, 0.25) is 0 Å². The van der Waals surface area contributed by atoms with E-state index in [1.54, 1.807) is 6.07 Å². The van der Waals surface area contributed by atoms with E-state index in [9.17, 15) is 9.59 Å². The molecule has 0 saturated carbocycles. The van der Waals surface area contributed by atoms with Gasteiger partial charge >= 0.3 is 5.97 Å². The lowest BCUT2D eigenvalue weighted by Gasteiger charge is -2.17. The molecule has 0 atom stereocenters. The van der Waals surface area contributed by atoms with Gasteiger partial charge in [0.1, 0.15) is 0 Å². The molecule has 0 radical (unpaired) electrons. The second-order valence-electron chi connectivity index (χ2n) is 6.60. The fourth-order valence-corrected chi connectivity index (χ4v) is 1.91. The number of nitrogens with zero attached hydrogens (tertiary/aromatic N) is 3. The molecule has 23 heavy (non-hydrogen) atoms. The van der Waals surface area contributed by atoms with Crippen LogP contribution < -0.4 is 5.32 Å². The van der Waals surface area contributed by atoms with Gasteiger partial charge in [-0.25, -0.2) is 9.48 Å². The molecule has 2 rings (SSSR count). The molecule has 1 aromatic carbocycles. The van der Waals surface area contributed by atoms with Gasteiger partial charge in [-0.3, -0.25) is 4.79 Å². The van der Waals surface area contributed by atoms with E-state index in [1.807, 2.05) is 27.7 Å². The van der Waals surface area contributed by atoms with E-state index in [1.165, 1.54) is 23.0 Å². The lowest BCUT2D eigenvalue weighted by Crippen LogP contribution is -2.32. The summed E-state index contributed by atoms with van der Waals surface area (Å²) >= 11 is 0. The second kappa shape index (κ2) is 6.20. The second-order valence-corrected chi connectivity index (χ2v) is 6.60. The van der Waals surface area contributed by atoms with Gasteiger partial charge in [0, 0.05) is 6.54 Å². The summed E-state index contributed by atoms with van der Waals surface area (Å²) in [7, 11) is 0. The van der Waals surface area contributed by atoms with Crippen LogP contribution in [-0.4, -0.2) is 38.5 Å². The molecule has 122 valence electrons. The summed E-state index contributed by atoms with van der Waals surface area (Å²) in [6.45, 7) is 8.41. The predicted molar refractivity (Wildman–Crippen MR) is 84.8 cm³/mol. The standard InChI is InChI=1S/C16H20N4O3/c1-10-5-6-11(15(22)23)7-13(10)20-8-12(18-19-20)14(21)17-9-16(2,3)4/h5-8H,9H2,1-4H3,(H,17,21)(H,22,23). The van der Waals surface area contributed by atoms with Crippen molar-refractivity contribution in [3.63, 3.8) is 0 Å². The molecule has 0 unspecified atom stereocenters. The van der Waals surface area contributed by atoms with Crippen molar-refractivity contribution in [1.82, 2.24) is 20.3 Å². The number of aryl methyl sites for hydroxylation is 1. The molecule has 2 aromatic rings. The summed E-state index contributed by atoms with van der Waals surface area (Å²) in [5.74, 6) is -1.33. The van der Waals surface area contributed by atoms with Crippen LogP contribution in [-0.2, 0) is 0 Å². The molecular formula is C16H20N4O3. The average molecular weight is 316 g/mol. The van der Waals surface area contributed by atoms with Gasteiger partial charge in [-0.1, -0.05) is 32.1 Å². The lowest BCUT2D eigenvalue weighted by atomic mass is 9.97. The maximum Gasteiger partial charge on any atom is 0.335 e. The highest BCUT2D eigenvalue weighted by molar-refractivity contribution is 5.92. The van der Waals surface area contributed by atoms with Crippen molar-refractivity contribution >= 4 is 11.9 Å². The average Bonchev–Trinajstić information content (AvgIpc) is 2.93. The minimum absolute atomic E-state index is 0.0297. The van der Waals surface area contributed by atoms with Gasteiger partial charge in [0.25, 0.3) is 5.91 Å². The number of hydrogen-bond acceptors (Lipinski definition) is 4. The number of carboxylic acids is 1. The highest BCUT2D eigenvalue weighted by Crippen LogP contribution is 2.16. The number of carboxylic acid groups (broad SMARTS) is 1. The van der Waals surface area contributed by atoms with Gasteiger partial charge in [0.2, 0.25) is 0 Å². The topological polar surface area (TPSA) is 97.1 Å². The molecule has 0 bridgehead atoms. The van der Waals surface area contributed by atoms with Gasteiger partial charge in [-0.15, -0.1) is 5.10 Å².